The largest absolute Gasteiger partial charge is 0.425 e. The van der Waals surface area contributed by atoms with Gasteiger partial charge in [-0.05, 0) is 25.8 Å². The number of piperidine rings is 1. The first kappa shape index (κ1) is 25.1. The fraction of sp³-hybridized carbons (Fsp3) is 0.696. The number of halogens is 3. The fourth-order valence-corrected chi connectivity index (χ4v) is 6.63. The molecule has 1 spiro atoms. The highest BCUT2D eigenvalue weighted by Crippen LogP contribution is 2.51. The molecule has 5 atom stereocenters. The van der Waals surface area contributed by atoms with Crippen LogP contribution in [0, 0.1) is 0 Å². The summed E-state index contributed by atoms with van der Waals surface area (Å²) < 4.78 is 52.9. The lowest BCUT2D eigenvalue weighted by molar-refractivity contribution is -0.139. The van der Waals surface area contributed by atoms with E-state index in [1.54, 1.807) is 10.9 Å². The molecule has 2 saturated heterocycles. The van der Waals surface area contributed by atoms with Crippen LogP contribution in [-0.2, 0) is 34.3 Å². The maximum atomic E-state index is 13.4. The summed E-state index contributed by atoms with van der Waals surface area (Å²) in [5.41, 5.74) is -0.817. The third-order valence-corrected chi connectivity index (χ3v) is 8.85. The van der Waals surface area contributed by atoms with Crippen molar-refractivity contribution in [2.24, 2.45) is 0 Å². The number of aliphatic hydroxyl groups is 3. The van der Waals surface area contributed by atoms with E-state index in [0.29, 0.717) is 60.7 Å². The number of rotatable bonds is 5. The molecule has 2 aromatic heterocycles. The van der Waals surface area contributed by atoms with Crippen molar-refractivity contribution in [2.75, 3.05) is 26.4 Å². The molecule has 2 unspecified atom stereocenters. The zero-order valence-electron chi connectivity index (χ0n) is 19.4. The fourth-order valence-electron chi connectivity index (χ4n) is 5.37. The Hall–Kier alpha value is -1.54. The molecule has 5 rings (SSSR count). The van der Waals surface area contributed by atoms with Crippen LogP contribution in [0.3, 0.4) is 0 Å². The van der Waals surface area contributed by atoms with Crippen molar-refractivity contribution in [3.05, 3.63) is 39.3 Å². The molecule has 0 bridgehead atoms. The zero-order chi connectivity index (χ0) is 25.0. The summed E-state index contributed by atoms with van der Waals surface area (Å²) in [7, 11) is 0. The van der Waals surface area contributed by atoms with Crippen molar-refractivity contribution in [3.8, 4) is 0 Å². The number of hydrogen-bond acceptors (Lipinski definition) is 8. The molecule has 0 radical (unpaired) electrons. The first-order valence-corrected chi connectivity index (χ1v) is 12.6. The Balaban J connectivity index is 1.25. The normalized spacial score (nSPS) is 32.8. The summed E-state index contributed by atoms with van der Waals surface area (Å²) in [6.07, 6.45) is -1.52. The molecule has 3 aliphatic rings. The van der Waals surface area contributed by atoms with Gasteiger partial charge in [0.25, 0.3) is 0 Å². The first-order chi connectivity index (χ1) is 16.5. The lowest BCUT2D eigenvalue weighted by Crippen LogP contribution is -2.50. The lowest BCUT2D eigenvalue weighted by atomic mass is 9.81. The molecular formula is C23H30F3N3O5S. The minimum atomic E-state index is -4.45. The number of likely N-dealkylation sites (tertiary alicyclic amines) is 1. The Morgan fingerprint density at radius 1 is 1.34 bits per heavy atom. The Labute approximate surface area is 204 Å². The molecule has 12 heteroatoms. The van der Waals surface area contributed by atoms with Crippen LogP contribution in [0.2, 0.25) is 0 Å². The summed E-state index contributed by atoms with van der Waals surface area (Å²) >= 11 is 0.683. The molecule has 2 fully saturated rings. The molecule has 3 aliphatic heterocycles. The van der Waals surface area contributed by atoms with Gasteiger partial charge in [-0.2, -0.15) is 18.3 Å². The van der Waals surface area contributed by atoms with E-state index in [-0.39, 0.29) is 25.8 Å². The first-order valence-electron chi connectivity index (χ1n) is 11.8. The zero-order valence-corrected chi connectivity index (χ0v) is 20.2. The Morgan fingerprint density at radius 2 is 2.14 bits per heavy atom. The molecule has 3 N–H and O–H groups in total. The third kappa shape index (κ3) is 4.77. The standard InChI is InChI=1S/C23H30F3N3O5S/c1-14-7-22(20-16(17(30)12-34-22)6-19(35-20)23(24,25)26)2-4-28(14)9-15-8-27-29(10-15)11-18(31)21(32)3-5-33-13-21/h6,8,10,14,17-18,30-32H,2-5,7,9,11-13H2,1H3/t14-,17+,18?,21?,22+/m0/s1. The molecule has 0 saturated carbocycles. The van der Waals surface area contributed by atoms with Gasteiger partial charge in [0.2, 0.25) is 0 Å². The van der Waals surface area contributed by atoms with Crippen LogP contribution in [-0.4, -0.2) is 74.1 Å². The van der Waals surface area contributed by atoms with E-state index in [1.165, 1.54) is 0 Å². The maximum Gasteiger partial charge on any atom is 0.425 e. The lowest BCUT2D eigenvalue weighted by Gasteiger charge is -2.47. The molecule has 0 aliphatic carbocycles. The highest BCUT2D eigenvalue weighted by molar-refractivity contribution is 7.12. The Morgan fingerprint density at radius 3 is 2.83 bits per heavy atom. The van der Waals surface area contributed by atoms with Crippen LogP contribution in [0.5, 0.6) is 0 Å². The van der Waals surface area contributed by atoms with Gasteiger partial charge < -0.3 is 24.8 Å². The van der Waals surface area contributed by atoms with Crippen LogP contribution < -0.4 is 0 Å². The second kappa shape index (κ2) is 9.09. The topological polar surface area (TPSA) is 100 Å². The summed E-state index contributed by atoms with van der Waals surface area (Å²) in [6.45, 7) is 3.88. The van der Waals surface area contributed by atoms with E-state index >= 15 is 0 Å². The van der Waals surface area contributed by atoms with E-state index in [9.17, 15) is 28.5 Å². The number of hydrogen-bond donors (Lipinski definition) is 3. The van der Waals surface area contributed by atoms with Crippen molar-refractivity contribution < 1.29 is 38.0 Å². The molecule has 0 amide bonds. The number of ether oxygens (including phenoxy) is 2. The van der Waals surface area contributed by atoms with Gasteiger partial charge in [0.1, 0.15) is 28.3 Å². The van der Waals surface area contributed by atoms with Crippen molar-refractivity contribution in [2.45, 2.75) is 74.9 Å². The maximum absolute atomic E-state index is 13.4. The van der Waals surface area contributed by atoms with Crippen molar-refractivity contribution >= 4 is 11.3 Å². The van der Waals surface area contributed by atoms with Crippen molar-refractivity contribution in [3.63, 3.8) is 0 Å². The van der Waals surface area contributed by atoms with E-state index < -0.39 is 34.5 Å². The Kier molecular flexibility index (Phi) is 6.52. The summed E-state index contributed by atoms with van der Waals surface area (Å²) in [4.78, 5) is 2.02. The van der Waals surface area contributed by atoms with E-state index in [4.69, 9.17) is 9.47 Å². The van der Waals surface area contributed by atoms with E-state index in [0.717, 1.165) is 11.6 Å². The highest BCUT2D eigenvalue weighted by Gasteiger charge is 2.48. The van der Waals surface area contributed by atoms with Gasteiger partial charge in [0.05, 0.1) is 26.0 Å². The molecule has 2 aromatic rings. The number of alkyl halides is 3. The molecule has 0 aromatic carbocycles. The summed E-state index contributed by atoms with van der Waals surface area (Å²) in [5, 5.41) is 35.5. The highest BCUT2D eigenvalue weighted by atomic mass is 32.1. The van der Waals surface area contributed by atoms with E-state index in [1.807, 2.05) is 13.1 Å². The smallest absolute Gasteiger partial charge is 0.388 e. The minimum absolute atomic E-state index is 0.0137. The molecule has 35 heavy (non-hydrogen) atoms. The number of thiophene rings is 1. The van der Waals surface area contributed by atoms with Crippen molar-refractivity contribution in [1.29, 1.82) is 0 Å². The van der Waals surface area contributed by atoms with Crippen LogP contribution in [0.1, 0.15) is 53.2 Å². The van der Waals surface area contributed by atoms with Gasteiger partial charge in [0, 0.05) is 54.4 Å². The average molecular weight is 518 g/mol. The number of aliphatic hydroxyl groups excluding tert-OH is 2. The molecule has 5 heterocycles. The predicted octanol–water partition coefficient (Wildman–Crippen LogP) is 2.42. The van der Waals surface area contributed by atoms with Gasteiger partial charge in [-0.3, -0.25) is 9.58 Å². The third-order valence-electron chi connectivity index (χ3n) is 7.47. The van der Waals surface area contributed by atoms with Gasteiger partial charge >= 0.3 is 6.18 Å². The molecule has 194 valence electrons. The molecular weight excluding hydrogens is 487 g/mol. The molecule has 8 nitrogen and oxygen atoms in total. The summed E-state index contributed by atoms with van der Waals surface area (Å²) in [6, 6.07) is 1.09. The Bertz CT molecular complexity index is 1050. The van der Waals surface area contributed by atoms with Crippen LogP contribution >= 0.6 is 11.3 Å². The van der Waals surface area contributed by atoms with Gasteiger partial charge in [-0.25, -0.2) is 0 Å². The van der Waals surface area contributed by atoms with Crippen LogP contribution in [0.25, 0.3) is 0 Å². The van der Waals surface area contributed by atoms with Gasteiger partial charge in [0.15, 0.2) is 0 Å². The van der Waals surface area contributed by atoms with E-state index in [2.05, 4.69) is 10.00 Å². The van der Waals surface area contributed by atoms with Crippen molar-refractivity contribution in [1.82, 2.24) is 14.7 Å². The van der Waals surface area contributed by atoms with Crippen LogP contribution in [0.15, 0.2) is 18.5 Å². The second-order valence-electron chi connectivity index (χ2n) is 9.98. The number of nitrogens with zero attached hydrogens (tertiary/aromatic N) is 3. The van der Waals surface area contributed by atoms with Gasteiger partial charge in [-0.1, -0.05) is 0 Å². The average Bonchev–Trinajstić information content (AvgIpc) is 3.53. The number of fused-ring (bicyclic) bond motifs is 2. The summed E-state index contributed by atoms with van der Waals surface area (Å²) in [5.74, 6) is 0. The monoisotopic (exact) mass is 517 g/mol. The predicted molar refractivity (Wildman–Crippen MR) is 120 cm³/mol. The SMILES string of the molecule is C[C@H]1C[C@@]2(CCN1Cc1cnn(CC(O)C3(O)CCOC3)c1)OC[C@@H](O)c1cc(C(F)(F)F)sc12. The minimum Gasteiger partial charge on any atom is -0.388 e. The number of aromatic nitrogens is 2. The van der Waals surface area contributed by atoms with Gasteiger partial charge in [-0.15, -0.1) is 11.3 Å². The quantitative estimate of drug-likeness (QED) is 0.560. The van der Waals surface area contributed by atoms with Crippen LogP contribution in [0.4, 0.5) is 13.2 Å². The second-order valence-corrected chi connectivity index (χ2v) is 11.0.